The zero-order chi connectivity index (χ0) is 35.3. The number of carbonyl (C=O) groups excluding carboxylic acids is 4. The van der Waals surface area contributed by atoms with Crippen LogP contribution < -0.4 is 5.32 Å². The third-order valence-corrected chi connectivity index (χ3v) is 6.49. The largest absolute Gasteiger partial charge is 0.478 e. The number of esters is 1. The van der Waals surface area contributed by atoms with Gasteiger partial charge in [-0.05, 0) is 44.2 Å². The number of ether oxygens (including phenoxy) is 1. The van der Waals surface area contributed by atoms with E-state index in [0.29, 0.717) is 16.7 Å². The average molecular weight is 649 g/mol. The van der Waals surface area contributed by atoms with Gasteiger partial charge < -0.3 is 15.2 Å². The molecule has 2 N–H and O–H groups in total. The number of anilines is 1. The van der Waals surface area contributed by atoms with Gasteiger partial charge in [-0.3, -0.25) is 14.4 Å². The van der Waals surface area contributed by atoms with Crippen molar-refractivity contribution >= 4 is 46.3 Å². The van der Waals surface area contributed by atoms with E-state index in [1.165, 1.54) is 18.3 Å². The molecule has 5 aromatic rings. The lowest BCUT2D eigenvalue weighted by atomic mass is 9.95. The van der Waals surface area contributed by atoms with Gasteiger partial charge in [-0.15, -0.1) is 0 Å². The molecule has 2 aromatic carbocycles. The summed E-state index contributed by atoms with van der Waals surface area (Å²) in [4.78, 5) is 69.8. The number of aromatic nitrogens is 3. The molecule has 1 amide bonds. The normalized spacial score (nSPS) is 10.4. The van der Waals surface area contributed by atoms with Crippen LogP contribution in [0.4, 0.5) is 5.82 Å². The Morgan fingerprint density at radius 1 is 0.792 bits per heavy atom. The molecule has 0 aliphatic rings. The first-order chi connectivity index (χ1) is 22.8. The second-order valence-electron chi connectivity index (χ2n) is 11.2. The number of nitrogens with one attached hydrogen (secondary N) is 1. The second kappa shape index (κ2) is 17.0. The van der Waals surface area contributed by atoms with Gasteiger partial charge in [0.15, 0.2) is 11.4 Å². The Hall–Kier alpha value is -6.10. The number of carboxylic acid groups (broad SMARTS) is 1. The minimum Gasteiger partial charge on any atom is -0.478 e. The lowest BCUT2D eigenvalue weighted by Crippen LogP contribution is -2.29. The van der Waals surface area contributed by atoms with E-state index in [1.54, 1.807) is 59.0 Å². The average Bonchev–Trinajstić information content (AvgIpc) is 3.08. The fourth-order valence-electron chi connectivity index (χ4n) is 3.95. The number of ketones is 2. The fourth-order valence-corrected chi connectivity index (χ4v) is 3.95. The van der Waals surface area contributed by atoms with Crippen LogP contribution in [0.2, 0.25) is 0 Å². The van der Waals surface area contributed by atoms with Gasteiger partial charge in [0.1, 0.15) is 5.82 Å². The maximum atomic E-state index is 11.9. The topological polar surface area (TPSA) is 166 Å². The van der Waals surface area contributed by atoms with Crippen LogP contribution in [0.15, 0.2) is 103 Å². The number of carbonyl (C=O) groups is 5. The Labute approximate surface area is 278 Å². The van der Waals surface area contributed by atoms with E-state index in [-0.39, 0.29) is 35.2 Å². The van der Waals surface area contributed by atoms with Crippen LogP contribution in [0.3, 0.4) is 0 Å². The first-order valence-corrected chi connectivity index (χ1v) is 14.9. The number of Topliss-reactive ketones (excluding diaryl/α,β-unsaturated/α-hetero) is 2. The van der Waals surface area contributed by atoms with Gasteiger partial charge in [0, 0.05) is 34.3 Å². The Morgan fingerprint density at radius 3 is 1.96 bits per heavy atom. The van der Waals surface area contributed by atoms with Gasteiger partial charge in [-0.1, -0.05) is 81.4 Å². The highest BCUT2D eigenvalue weighted by Gasteiger charge is 2.26. The molecular weight excluding hydrogens is 612 g/mol. The molecule has 0 atom stereocenters. The first-order valence-electron chi connectivity index (χ1n) is 14.9. The first kappa shape index (κ1) is 36.4. The minimum absolute atomic E-state index is 0.0172. The fraction of sp³-hybridized carbons (Fsp3) is 0.189. The molecule has 0 saturated heterocycles. The van der Waals surface area contributed by atoms with Gasteiger partial charge in [0.25, 0.3) is 5.78 Å². The molecule has 0 fully saturated rings. The molecule has 0 spiro atoms. The predicted octanol–water partition coefficient (Wildman–Crippen LogP) is 6.70. The second-order valence-corrected chi connectivity index (χ2v) is 11.2. The molecular formula is C37H36N4O7. The quantitative estimate of drug-likeness (QED) is 0.110. The van der Waals surface area contributed by atoms with Crippen LogP contribution in [-0.4, -0.2) is 56.1 Å². The number of fused-ring (bicyclic) bond motifs is 1. The van der Waals surface area contributed by atoms with Crippen molar-refractivity contribution in [3.63, 3.8) is 0 Å². The summed E-state index contributed by atoms with van der Waals surface area (Å²) >= 11 is 0. The van der Waals surface area contributed by atoms with Crippen molar-refractivity contribution in [1.29, 1.82) is 0 Å². The molecule has 48 heavy (non-hydrogen) atoms. The lowest BCUT2D eigenvalue weighted by molar-refractivity contribution is -0.137. The summed E-state index contributed by atoms with van der Waals surface area (Å²) in [5, 5.41) is 12.4. The summed E-state index contributed by atoms with van der Waals surface area (Å²) in [6.45, 7) is 8.48. The van der Waals surface area contributed by atoms with Crippen molar-refractivity contribution < 1.29 is 33.8 Å². The lowest BCUT2D eigenvalue weighted by Gasteiger charge is -2.18. The van der Waals surface area contributed by atoms with E-state index in [4.69, 9.17) is 0 Å². The van der Waals surface area contributed by atoms with E-state index in [2.05, 4.69) is 25.0 Å². The van der Waals surface area contributed by atoms with Crippen molar-refractivity contribution in [2.24, 2.45) is 5.41 Å². The predicted molar refractivity (Wildman–Crippen MR) is 182 cm³/mol. The highest BCUT2D eigenvalue weighted by Crippen LogP contribution is 2.24. The minimum atomic E-state index is -0.974. The SMILES string of the molecule is CC(=O)c1ccccc1.CCOC(=O)C(=O)c1cccnc1NC(=O)C(C)(C)C.O=C(O)c1cc(-c2ccccc2)nc2ncccc12. The highest BCUT2D eigenvalue weighted by atomic mass is 16.5. The van der Waals surface area contributed by atoms with Crippen molar-refractivity contribution in [2.75, 3.05) is 11.9 Å². The molecule has 3 aromatic heterocycles. The van der Waals surface area contributed by atoms with Crippen LogP contribution in [0.1, 0.15) is 65.7 Å². The summed E-state index contributed by atoms with van der Waals surface area (Å²) in [7, 11) is 0. The zero-order valence-corrected chi connectivity index (χ0v) is 27.3. The molecule has 3 heterocycles. The van der Waals surface area contributed by atoms with Crippen LogP contribution in [0, 0.1) is 5.41 Å². The van der Waals surface area contributed by atoms with Crippen LogP contribution in [0.25, 0.3) is 22.3 Å². The Morgan fingerprint density at radius 2 is 1.40 bits per heavy atom. The number of nitrogens with zero attached hydrogens (tertiary/aromatic N) is 3. The number of amides is 1. The summed E-state index contributed by atoms with van der Waals surface area (Å²) in [5.74, 6) is -2.89. The highest BCUT2D eigenvalue weighted by molar-refractivity contribution is 6.41. The number of benzene rings is 2. The third kappa shape index (κ3) is 10.2. The number of hydrogen-bond donors (Lipinski definition) is 2. The number of carboxylic acids is 1. The van der Waals surface area contributed by atoms with Gasteiger partial charge in [0.2, 0.25) is 5.91 Å². The molecule has 0 saturated carbocycles. The zero-order valence-electron chi connectivity index (χ0n) is 27.3. The monoisotopic (exact) mass is 648 g/mol. The number of hydrogen-bond acceptors (Lipinski definition) is 9. The van der Waals surface area contributed by atoms with E-state index in [0.717, 1.165) is 11.1 Å². The van der Waals surface area contributed by atoms with Crippen molar-refractivity contribution in [2.45, 2.75) is 34.6 Å². The number of aromatic carboxylic acids is 1. The standard InChI is InChI=1S/C15H10N2O2.C14H18N2O4.C8H8O/c18-15(19)12-9-13(10-5-2-1-3-6-10)17-14-11(12)7-4-8-16-14;1-5-20-12(18)10(17)9-7-6-8-15-11(9)16-13(19)14(2,3)4;1-7(9)8-5-3-2-4-6-8/h1-9H,(H,18,19);6-8H,5H2,1-4H3,(H,15,16,19);2-6H,1H3. The summed E-state index contributed by atoms with van der Waals surface area (Å²) in [6, 6.07) is 26.6. The van der Waals surface area contributed by atoms with Crippen molar-refractivity contribution in [3.05, 3.63) is 120 Å². The van der Waals surface area contributed by atoms with E-state index >= 15 is 0 Å². The van der Waals surface area contributed by atoms with Gasteiger partial charge >= 0.3 is 11.9 Å². The molecule has 0 aliphatic carbocycles. The van der Waals surface area contributed by atoms with Gasteiger partial charge in [-0.25, -0.2) is 24.5 Å². The molecule has 11 heteroatoms. The van der Waals surface area contributed by atoms with E-state index in [1.807, 2.05) is 60.7 Å². The van der Waals surface area contributed by atoms with E-state index in [9.17, 15) is 29.1 Å². The molecule has 0 bridgehead atoms. The maximum absolute atomic E-state index is 11.9. The van der Waals surface area contributed by atoms with Crippen molar-refractivity contribution in [1.82, 2.24) is 15.0 Å². The molecule has 0 aliphatic heterocycles. The Kier molecular flexibility index (Phi) is 12.9. The smallest absolute Gasteiger partial charge is 0.379 e. The number of pyridine rings is 3. The molecule has 5 rings (SSSR count). The summed E-state index contributed by atoms with van der Waals surface area (Å²) < 4.78 is 4.66. The summed E-state index contributed by atoms with van der Waals surface area (Å²) in [6.07, 6.45) is 3.04. The van der Waals surface area contributed by atoms with Gasteiger partial charge in [0.05, 0.1) is 23.4 Å². The molecule has 11 nitrogen and oxygen atoms in total. The third-order valence-electron chi connectivity index (χ3n) is 6.49. The molecule has 0 unspecified atom stereocenters. The van der Waals surface area contributed by atoms with Gasteiger partial charge in [-0.2, -0.15) is 0 Å². The van der Waals surface area contributed by atoms with Crippen LogP contribution in [0.5, 0.6) is 0 Å². The van der Waals surface area contributed by atoms with Crippen LogP contribution >= 0.6 is 0 Å². The molecule has 246 valence electrons. The summed E-state index contributed by atoms with van der Waals surface area (Å²) in [5.41, 5.74) is 2.31. The molecule has 0 radical (unpaired) electrons. The Bertz CT molecular complexity index is 1900. The maximum Gasteiger partial charge on any atom is 0.379 e. The van der Waals surface area contributed by atoms with Crippen LogP contribution in [-0.2, 0) is 14.3 Å². The Balaban J connectivity index is 0.000000209. The number of rotatable bonds is 7. The van der Waals surface area contributed by atoms with E-state index < -0.39 is 23.1 Å². The van der Waals surface area contributed by atoms with Crippen molar-refractivity contribution in [3.8, 4) is 11.3 Å².